The maximum atomic E-state index is 13.5. The number of amides is 2. The Morgan fingerprint density at radius 1 is 0.792 bits per heavy atom. The van der Waals surface area contributed by atoms with Gasteiger partial charge >= 0.3 is 0 Å². The number of nitrogens with one attached hydrogen (secondary N) is 1. The predicted molar refractivity (Wildman–Crippen MR) is 187 cm³/mol. The van der Waals surface area contributed by atoms with Crippen LogP contribution in [0.4, 0.5) is 0 Å². The lowest BCUT2D eigenvalue weighted by Crippen LogP contribution is -2.68. The summed E-state index contributed by atoms with van der Waals surface area (Å²) in [7, 11) is 3.63. The van der Waals surface area contributed by atoms with Crippen molar-refractivity contribution in [1.82, 2.24) is 20.0 Å². The van der Waals surface area contributed by atoms with Gasteiger partial charge in [0.15, 0.2) is 11.2 Å². The molecule has 0 radical (unpaired) electrons. The molecule has 2 saturated carbocycles. The molecule has 4 saturated heterocycles. The molecule has 6 aliphatic rings. The highest BCUT2D eigenvalue weighted by molar-refractivity contribution is 5.89. The van der Waals surface area contributed by atoms with Crippen LogP contribution in [-0.4, -0.2) is 116 Å². The maximum absolute atomic E-state index is 13.5. The van der Waals surface area contributed by atoms with Gasteiger partial charge in [-0.2, -0.15) is 0 Å². The zero-order chi connectivity index (χ0) is 35.8. The predicted octanol–water partition coefficient (Wildman–Crippen LogP) is 5.21. The normalized spacial score (nSPS) is 31.0. The van der Waals surface area contributed by atoms with Gasteiger partial charge < -0.3 is 34.4 Å². The summed E-state index contributed by atoms with van der Waals surface area (Å²) in [6.45, 7) is 23.6. The van der Waals surface area contributed by atoms with E-state index < -0.39 is 11.2 Å². The summed E-state index contributed by atoms with van der Waals surface area (Å²) in [6.07, 6.45) is 9.37. The van der Waals surface area contributed by atoms with Crippen molar-refractivity contribution in [2.75, 3.05) is 33.9 Å². The number of β-amino-alcohol motifs (C(OH)–C–C–N with tert-alkyl or cyclic N) is 1. The van der Waals surface area contributed by atoms with Crippen molar-refractivity contribution in [3.05, 3.63) is 0 Å². The second-order valence-corrected chi connectivity index (χ2v) is 19.0. The summed E-state index contributed by atoms with van der Waals surface area (Å²) in [6, 6.07) is 0. The van der Waals surface area contributed by atoms with E-state index in [4.69, 9.17) is 14.2 Å². The molecule has 10 nitrogen and oxygen atoms in total. The Hall–Kier alpha value is -1.30. The van der Waals surface area contributed by atoms with Crippen LogP contribution in [0.15, 0.2) is 0 Å². The molecule has 2 N–H and O–H groups in total. The van der Waals surface area contributed by atoms with E-state index in [9.17, 15) is 14.7 Å². The van der Waals surface area contributed by atoms with E-state index in [1.54, 1.807) is 7.11 Å². The minimum Gasteiger partial charge on any atom is -0.392 e. The third-order valence-corrected chi connectivity index (χ3v) is 12.3. The lowest BCUT2D eigenvalue weighted by atomic mass is 9.70. The molecule has 276 valence electrons. The molecule has 4 heterocycles. The maximum Gasteiger partial charge on any atom is 0.257 e. The largest absolute Gasteiger partial charge is 0.392 e. The van der Waals surface area contributed by atoms with Crippen LogP contribution in [0.2, 0.25) is 0 Å². The van der Waals surface area contributed by atoms with Gasteiger partial charge in [-0.05, 0) is 106 Å². The number of aliphatic hydroxyl groups is 1. The van der Waals surface area contributed by atoms with Crippen LogP contribution >= 0.6 is 0 Å². The highest BCUT2D eigenvalue weighted by atomic mass is 16.6. The number of likely N-dealkylation sites (tertiary alicyclic amines) is 1. The smallest absolute Gasteiger partial charge is 0.257 e. The molecule has 6 fully saturated rings. The third kappa shape index (κ3) is 6.60. The van der Waals surface area contributed by atoms with E-state index in [2.05, 4.69) is 77.4 Å². The van der Waals surface area contributed by atoms with Crippen LogP contribution in [0.1, 0.15) is 140 Å². The monoisotopic (exact) mass is 677 g/mol. The van der Waals surface area contributed by atoms with Gasteiger partial charge in [0.2, 0.25) is 0 Å². The Balaban J connectivity index is 0.000000188. The minimum absolute atomic E-state index is 0.115. The van der Waals surface area contributed by atoms with Crippen LogP contribution < -0.4 is 5.32 Å². The number of hydrogen-bond donors (Lipinski definition) is 2. The second-order valence-electron chi connectivity index (χ2n) is 19.0. The average molecular weight is 677 g/mol. The molecule has 6 rings (SSSR count). The molecule has 4 spiro atoms. The zero-order valence-corrected chi connectivity index (χ0v) is 32.4. The van der Waals surface area contributed by atoms with Crippen LogP contribution in [0, 0.1) is 5.92 Å². The molecule has 2 unspecified atom stereocenters. The molecule has 0 bridgehead atoms. The first kappa shape index (κ1) is 37.9. The first-order valence-electron chi connectivity index (χ1n) is 18.8. The molecule has 0 aromatic heterocycles. The average Bonchev–Trinajstić information content (AvgIpc) is 3.25. The molecule has 2 aliphatic carbocycles. The first-order valence-corrected chi connectivity index (χ1v) is 18.8. The summed E-state index contributed by atoms with van der Waals surface area (Å²) < 4.78 is 18.5. The molecule has 4 aliphatic heterocycles. The lowest BCUT2D eigenvalue weighted by Gasteiger charge is -2.58. The molecular formula is C38H68N4O6. The van der Waals surface area contributed by atoms with Crippen LogP contribution in [0.3, 0.4) is 0 Å². The number of carbonyl (C=O) groups excluding carboxylic acids is 2. The van der Waals surface area contributed by atoms with Gasteiger partial charge in [-0.15, -0.1) is 0 Å². The number of ether oxygens (including phenoxy) is 3. The standard InChI is InChI=1S/2C19H34N2O3/c1-14(11-23-6)10-21-15(22)18(24-19(21)8-7-9-19)12-16(2,3)20-17(4,5)13-18;1-7-14(22)11-21-16(2,3)12-18(13-17(21,4)5)15(23)20(6)19(24-18)9-8-10-19/h14,20H,7-13H2,1-6H3;14,22H,7-13H2,1-6H3. The Kier molecular flexibility index (Phi) is 9.83. The van der Waals surface area contributed by atoms with Crippen molar-refractivity contribution >= 4 is 11.8 Å². The molecule has 10 heteroatoms. The topological polar surface area (TPSA) is 104 Å². The zero-order valence-electron chi connectivity index (χ0n) is 32.4. The Bertz CT molecular complexity index is 1190. The summed E-state index contributed by atoms with van der Waals surface area (Å²) >= 11 is 0. The fraction of sp³-hybridized carbons (Fsp3) is 0.947. The van der Waals surface area contributed by atoms with Gasteiger partial charge in [0.05, 0.1) is 12.7 Å². The molecule has 0 aromatic rings. The number of likely N-dealkylation sites (N-methyl/N-ethyl adjacent to an activating group) is 1. The Morgan fingerprint density at radius 3 is 1.69 bits per heavy atom. The summed E-state index contributed by atoms with van der Waals surface area (Å²) in [5.41, 5.74) is -2.74. The second kappa shape index (κ2) is 12.4. The van der Waals surface area contributed by atoms with E-state index in [1.165, 1.54) is 0 Å². The van der Waals surface area contributed by atoms with Crippen molar-refractivity contribution in [3.8, 4) is 0 Å². The van der Waals surface area contributed by atoms with Crippen molar-refractivity contribution < 1.29 is 28.9 Å². The molecule has 2 amide bonds. The van der Waals surface area contributed by atoms with Gasteiger partial charge in [0, 0.05) is 75.1 Å². The van der Waals surface area contributed by atoms with Gasteiger partial charge in [0.25, 0.3) is 11.8 Å². The highest BCUT2D eigenvalue weighted by Crippen LogP contribution is 2.56. The van der Waals surface area contributed by atoms with E-state index in [1.807, 2.05) is 18.9 Å². The van der Waals surface area contributed by atoms with Gasteiger partial charge in [-0.3, -0.25) is 14.5 Å². The van der Waals surface area contributed by atoms with E-state index in [-0.39, 0.29) is 51.5 Å². The number of rotatable bonds is 7. The molecule has 0 aromatic carbocycles. The molecular weight excluding hydrogens is 608 g/mol. The van der Waals surface area contributed by atoms with Crippen molar-refractivity contribution in [2.45, 2.75) is 191 Å². The number of carbonyl (C=O) groups is 2. The van der Waals surface area contributed by atoms with Gasteiger partial charge in [-0.25, -0.2) is 0 Å². The fourth-order valence-corrected chi connectivity index (χ4v) is 10.8. The highest BCUT2D eigenvalue weighted by Gasteiger charge is 2.68. The van der Waals surface area contributed by atoms with E-state index in [0.717, 1.165) is 64.3 Å². The lowest BCUT2D eigenvalue weighted by molar-refractivity contribution is -0.219. The number of piperidine rings is 2. The molecule has 2 atom stereocenters. The fourth-order valence-electron chi connectivity index (χ4n) is 10.8. The quantitative estimate of drug-likeness (QED) is 0.379. The summed E-state index contributed by atoms with van der Waals surface area (Å²) in [5.74, 6) is 0.671. The summed E-state index contributed by atoms with van der Waals surface area (Å²) in [5, 5.41) is 13.9. The number of aliphatic hydroxyl groups excluding tert-OH is 1. The van der Waals surface area contributed by atoms with Crippen LogP contribution in [0.25, 0.3) is 0 Å². The Labute approximate surface area is 291 Å². The van der Waals surface area contributed by atoms with Crippen molar-refractivity contribution in [1.29, 1.82) is 0 Å². The summed E-state index contributed by atoms with van der Waals surface area (Å²) in [4.78, 5) is 33.0. The van der Waals surface area contributed by atoms with Gasteiger partial charge in [-0.1, -0.05) is 13.8 Å². The van der Waals surface area contributed by atoms with Crippen LogP contribution in [-0.2, 0) is 23.8 Å². The van der Waals surface area contributed by atoms with Crippen molar-refractivity contribution in [3.63, 3.8) is 0 Å². The molecule has 48 heavy (non-hydrogen) atoms. The van der Waals surface area contributed by atoms with E-state index >= 15 is 0 Å². The Morgan fingerprint density at radius 2 is 1.27 bits per heavy atom. The number of methoxy groups -OCH3 is 1. The number of nitrogens with zero attached hydrogens (tertiary/aromatic N) is 3. The van der Waals surface area contributed by atoms with Crippen molar-refractivity contribution in [2.24, 2.45) is 5.92 Å². The van der Waals surface area contributed by atoms with Gasteiger partial charge in [0.1, 0.15) is 11.4 Å². The number of hydrogen-bond acceptors (Lipinski definition) is 8. The van der Waals surface area contributed by atoms with Crippen LogP contribution in [0.5, 0.6) is 0 Å². The minimum atomic E-state index is -0.712. The van der Waals surface area contributed by atoms with E-state index in [0.29, 0.717) is 31.9 Å². The first-order chi connectivity index (χ1) is 22.0. The third-order valence-electron chi connectivity index (χ3n) is 12.3. The SMILES string of the molecule is CCC(O)CN1C(C)(C)CC2(CC1(C)C)OC1(CCC1)N(C)C2=O.COCC(C)CN1C(=O)C2(CC(C)(C)NC(C)(C)C2)OC12CCC2.